The number of hydrogen-bond acceptors (Lipinski definition) is 3. The van der Waals surface area contributed by atoms with Crippen LogP contribution in [0.3, 0.4) is 0 Å². The van der Waals surface area contributed by atoms with Gasteiger partial charge in [-0.15, -0.1) is 0 Å². The first kappa shape index (κ1) is 12.8. The minimum absolute atomic E-state index is 0.0882. The summed E-state index contributed by atoms with van der Waals surface area (Å²) in [5.41, 5.74) is 1.96. The fourth-order valence-electron chi connectivity index (χ4n) is 2.40. The van der Waals surface area contributed by atoms with E-state index in [1.165, 1.54) is 0 Å². The summed E-state index contributed by atoms with van der Waals surface area (Å²) in [6.45, 7) is 4.50. The third-order valence-corrected chi connectivity index (χ3v) is 3.17. The predicted octanol–water partition coefficient (Wildman–Crippen LogP) is 1.56. The highest BCUT2D eigenvalue weighted by Crippen LogP contribution is 2.33. The highest BCUT2D eigenvalue weighted by molar-refractivity contribution is 6.00. The van der Waals surface area contributed by atoms with Gasteiger partial charge in [0.15, 0.2) is 0 Å². The van der Waals surface area contributed by atoms with Crippen LogP contribution in [0.25, 0.3) is 6.08 Å². The minimum atomic E-state index is -0.602. The first-order valence-corrected chi connectivity index (χ1v) is 5.74. The molecule has 4 nitrogen and oxygen atoms in total. The zero-order valence-corrected chi connectivity index (χ0v) is 10.7. The number of benzene rings is 1. The summed E-state index contributed by atoms with van der Waals surface area (Å²) >= 11 is 0. The predicted molar refractivity (Wildman–Crippen MR) is 69.4 cm³/mol. The van der Waals surface area contributed by atoms with Gasteiger partial charge in [0, 0.05) is 19.8 Å². The molecule has 0 aromatic heterocycles. The molecule has 1 amide bonds. The van der Waals surface area contributed by atoms with Crippen LogP contribution in [0, 0.1) is 0 Å². The van der Waals surface area contributed by atoms with Crippen molar-refractivity contribution in [2.75, 3.05) is 27.4 Å². The number of fused-ring (bicyclic) bond motifs is 1. The Hall–Kier alpha value is -1.65. The molecule has 1 aliphatic rings. The third kappa shape index (κ3) is 1.94. The molecule has 4 heteroatoms. The van der Waals surface area contributed by atoms with E-state index in [2.05, 4.69) is 11.9 Å². The van der Waals surface area contributed by atoms with E-state index in [0.29, 0.717) is 18.8 Å². The van der Waals surface area contributed by atoms with Crippen molar-refractivity contribution in [3.8, 4) is 0 Å². The van der Waals surface area contributed by atoms with Crippen molar-refractivity contribution in [2.45, 2.75) is 5.54 Å². The molecular formula is C14H17NO3. The summed E-state index contributed by atoms with van der Waals surface area (Å²) in [7, 11) is 3.22. The Morgan fingerprint density at radius 3 is 2.56 bits per heavy atom. The molecule has 0 bridgehead atoms. The zero-order chi connectivity index (χ0) is 13.2. The van der Waals surface area contributed by atoms with Gasteiger partial charge in [-0.25, -0.2) is 0 Å². The van der Waals surface area contributed by atoms with E-state index < -0.39 is 5.54 Å². The Morgan fingerprint density at radius 2 is 2.00 bits per heavy atom. The second-order valence-electron chi connectivity index (χ2n) is 4.41. The number of methoxy groups -OCH3 is 2. The SMILES string of the molecule is C=Cc1ccc2c(c1)C(COC)(COC)NC2=O. The van der Waals surface area contributed by atoms with Crippen molar-refractivity contribution < 1.29 is 14.3 Å². The Morgan fingerprint density at radius 1 is 1.33 bits per heavy atom. The Kier molecular flexibility index (Phi) is 3.50. The largest absolute Gasteiger partial charge is 0.382 e. The molecular weight excluding hydrogens is 230 g/mol. The second kappa shape index (κ2) is 4.92. The summed E-state index contributed by atoms with van der Waals surface area (Å²) in [5.74, 6) is -0.0882. The van der Waals surface area contributed by atoms with E-state index in [9.17, 15) is 4.79 Å². The lowest BCUT2D eigenvalue weighted by molar-refractivity contribution is 0.0426. The number of hydrogen-bond donors (Lipinski definition) is 1. The number of carbonyl (C=O) groups is 1. The summed E-state index contributed by atoms with van der Waals surface area (Å²) in [6, 6.07) is 5.65. The molecule has 0 radical (unpaired) electrons. The van der Waals surface area contributed by atoms with Crippen molar-refractivity contribution >= 4 is 12.0 Å². The smallest absolute Gasteiger partial charge is 0.252 e. The van der Waals surface area contributed by atoms with Gasteiger partial charge in [0.1, 0.15) is 5.54 Å². The van der Waals surface area contributed by atoms with Crippen LogP contribution in [0.15, 0.2) is 24.8 Å². The van der Waals surface area contributed by atoms with Gasteiger partial charge in [0.2, 0.25) is 0 Å². The molecule has 1 aromatic rings. The number of carbonyl (C=O) groups excluding carboxylic acids is 1. The maximum atomic E-state index is 12.0. The topological polar surface area (TPSA) is 47.6 Å². The maximum absolute atomic E-state index is 12.0. The summed E-state index contributed by atoms with van der Waals surface area (Å²) in [6.07, 6.45) is 1.76. The number of rotatable bonds is 5. The molecule has 2 rings (SSSR count). The van der Waals surface area contributed by atoms with Crippen molar-refractivity contribution in [1.29, 1.82) is 0 Å². The lowest BCUT2D eigenvalue weighted by atomic mass is 9.90. The van der Waals surface area contributed by atoms with E-state index >= 15 is 0 Å². The summed E-state index contributed by atoms with van der Waals surface area (Å²) in [4.78, 5) is 12.0. The molecule has 0 fully saturated rings. The van der Waals surface area contributed by atoms with Crippen LogP contribution in [0.4, 0.5) is 0 Å². The fraction of sp³-hybridized carbons (Fsp3) is 0.357. The molecule has 0 saturated heterocycles. The van der Waals surface area contributed by atoms with Crippen LogP contribution >= 0.6 is 0 Å². The molecule has 0 aliphatic carbocycles. The third-order valence-electron chi connectivity index (χ3n) is 3.17. The minimum Gasteiger partial charge on any atom is -0.382 e. The van der Waals surface area contributed by atoms with Gasteiger partial charge >= 0.3 is 0 Å². The molecule has 0 atom stereocenters. The van der Waals surface area contributed by atoms with Gasteiger partial charge in [-0.05, 0) is 23.3 Å². The van der Waals surface area contributed by atoms with Gasteiger partial charge in [-0.3, -0.25) is 4.79 Å². The summed E-state index contributed by atoms with van der Waals surface area (Å²) in [5, 5.41) is 2.96. The normalized spacial score (nSPS) is 16.2. The molecule has 0 saturated carbocycles. The van der Waals surface area contributed by atoms with E-state index in [-0.39, 0.29) is 5.91 Å². The quantitative estimate of drug-likeness (QED) is 0.859. The highest BCUT2D eigenvalue weighted by atomic mass is 16.5. The Balaban J connectivity index is 2.53. The lowest BCUT2D eigenvalue weighted by Gasteiger charge is -2.28. The van der Waals surface area contributed by atoms with Crippen LogP contribution in [-0.2, 0) is 15.0 Å². The second-order valence-corrected chi connectivity index (χ2v) is 4.41. The molecule has 1 aromatic carbocycles. The molecule has 1 heterocycles. The van der Waals surface area contributed by atoms with Crippen LogP contribution in [0.5, 0.6) is 0 Å². The molecule has 18 heavy (non-hydrogen) atoms. The fourth-order valence-corrected chi connectivity index (χ4v) is 2.40. The zero-order valence-electron chi connectivity index (χ0n) is 10.7. The van der Waals surface area contributed by atoms with Crippen LogP contribution < -0.4 is 5.32 Å². The van der Waals surface area contributed by atoms with Gasteiger partial charge in [-0.2, -0.15) is 0 Å². The molecule has 1 aliphatic heterocycles. The van der Waals surface area contributed by atoms with Crippen LogP contribution in [-0.4, -0.2) is 33.3 Å². The monoisotopic (exact) mass is 247 g/mol. The first-order chi connectivity index (χ1) is 8.66. The van der Waals surface area contributed by atoms with E-state index in [4.69, 9.17) is 9.47 Å². The van der Waals surface area contributed by atoms with Crippen molar-refractivity contribution in [2.24, 2.45) is 0 Å². The number of ether oxygens (including phenoxy) is 2. The number of nitrogens with one attached hydrogen (secondary N) is 1. The van der Waals surface area contributed by atoms with Crippen LogP contribution in [0.1, 0.15) is 21.5 Å². The molecule has 96 valence electrons. The molecule has 0 spiro atoms. The molecule has 0 unspecified atom stereocenters. The first-order valence-electron chi connectivity index (χ1n) is 5.74. The average Bonchev–Trinajstić information content (AvgIpc) is 2.63. The lowest BCUT2D eigenvalue weighted by Crippen LogP contribution is -2.47. The van der Waals surface area contributed by atoms with Gasteiger partial charge < -0.3 is 14.8 Å². The van der Waals surface area contributed by atoms with Crippen molar-refractivity contribution in [1.82, 2.24) is 5.32 Å². The van der Waals surface area contributed by atoms with Crippen molar-refractivity contribution in [3.63, 3.8) is 0 Å². The van der Waals surface area contributed by atoms with Gasteiger partial charge in [0.05, 0.1) is 13.2 Å². The van der Waals surface area contributed by atoms with E-state index in [1.54, 1.807) is 20.3 Å². The maximum Gasteiger partial charge on any atom is 0.252 e. The van der Waals surface area contributed by atoms with Gasteiger partial charge in [-0.1, -0.05) is 18.7 Å². The Labute approximate surface area is 107 Å². The van der Waals surface area contributed by atoms with Gasteiger partial charge in [0.25, 0.3) is 5.91 Å². The summed E-state index contributed by atoms with van der Waals surface area (Å²) < 4.78 is 10.5. The van der Waals surface area contributed by atoms with E-state index in [1.807, 2.05) is 18.2 Å². The molecule has 1 N–H and O–H groups in total. The Bertz CT molecular complexity index is 476. The average molecular weight is 247 g/mol. The standard InChI is InChI=1S/C14H17NO3/c1-4-10-5-6-11-12(7-10)14(8-17-2,9-18-3)15-13(11)16/h4-7H,1,8-9H2,2-3H3,(H,15,16). The van der Waals surface area contributed by atoms with Crippen LogP contribution in [0.2, 0.25) is 0 Å². The van der Waals surface area contributed by atoms with Crippen molar-refractivity contribution in [3.05, 3.63) is 41.5 Å². The number of amides is 1. The highest BCUT2D eigenvalue weighted by Gasteiger charge is 2.43. The van der Waals surface area contributed by atoms with E-state index in [0.717, 1.165) is 11.1 Å².